The van der Waals surface area contributed by atoms with Crippen LogP contribution in [0.1, 0.15) is 36.1 Å². The standard InChI is InChI=1S/C18H16O6/c1-12(19)22-18(23-13(2)20)15-9-6-10-16(11-15)24-17(21)14-7-4-3-5-8-14/h3-11,18H,1-2H3. The second-order valence-electron chi connectivity index (χ2n) is 4.88. The lowest BCUT2D eigenvalue weighted by Crippen LogP contribution is -2.15. The molecule has 0 spiro atoms. The summed E-state index contributed by atoms with van der Waals surface area (Å²) in [6, 6.07) is 14.7. The van der Waals surface area contributed by atoms with E-state index in [0.29, 0.717) is 11.1 Å². The number of carbonyl (C=O) groups excluding carboxylic acids is 3. The molecule has 2 aromatic rings. The Kier molecular flexibility index (Phi) is 5.68. The topological polar surface area (TPSA) is 78.9 Å². The maximum Gasteiger partial charge on any atom is 0.343 e. The molecule has 0 radical (unpaired) electrons. The number of benzene rings is 2. The van der Waals surface area contributed by atoms with Gasteiger partial charge in [0.25, 0.3) is 6.29 Å². The highest BCUT2D eigenvalue weighted by molar-refractivity contribution is 5.90. The Morgan fingerprint density at radius 1 is 0.833 bits per heavy atom. The fraction of sp³-hybridized carbons (Fsp3) is 0.167. The largest absolute Gasteiger partial charge is 0.423 e. The van der Waals surface area contributed by atoms with Gasteiger partial charge in [0, 0.05) is 19.4 Å². The summed E-state index contributed by atoms with van der Waals surface area (Å²) < 4.78 is 15.2. The van der Waals surface area contributed by atoms with Crippen molar-refractivity contribution in [1.82, 2.24) is 0 Å². The molecule has 6 heteroatoms. The number of ether oxygens (including phenoxy) is 3. The van der Waals surface area contributed by atoms with Crippen LogP contribution in [0.25, 0.3) is 0 Å². The van der Waals surface area contributed by atoms with Gasteiger partial charge in [-0.15, -0.1) is 0 Å². The Bertz CT molecular complexity index is 722. The molecule has 6 nitrogen and oxygen atoms in total. The van der Waals surface area contributed by atoms with Crippen LogP contribution in [0.15, 0.2) is 54.6 Å². The molecule has 0 aliphatic rings. The van der Waals surface area contributed by atoms with Gasteiger partial charge in [-0.25, -0.2) is 4.79 Å². The molecule has 0 N–H and O–H groups in total. The summed E-state index contributed by atoms with van der Waals surface area (Å²) in [6.07, 6.45) is -1.20. The van der Waals surface area contributed by atoms with Gasteiger partial charge in [-0.05, 0) is 24.3 Å². The van der Waals surface area contributed by atoms with E-state index >= 15 is 0 Å². The van der Waals surface area contributed by atoms with Crippen LogP contribution in [-0.2, 0) is 19.1 Å². The maximum absolute atomic E-state index is 12.1. The molecular weight excluding hydrogens is 312 g/mol. The van der Waals surface area contributed by atoms with E-state index in [0.717, 1.165) is 0 Å². The number of rotatable bonds is 5. The third kappa shape index (κ3) is 4.95. The van der Waals surface area contributed by atoms with Crippen LogP contribution in [0.5, 0.6) is 5.75 Å². The molecule has 0 aromatic heterocycles. The first-order valence-corrected chi connectivity index (χ1v) is 7.17. The molecule has 2 aromatic carbocycles. The zero-order valence-corrected chi connectivity index (χ0v) is 13.2. The van der Waals surface area contributed by atoms with Crippen LogP contribution in [-0.4, -0.2) is 17.9 Å². The van der Waals surface area contributed by atoms with E-state index in [9.17, 15) is 14.4 Å². The van der Waals surface area contributed by atoms with Gasteiger partial charge in [0.15, 0.2) is 0 Å². The molecular formula is C18H16O6. The smallest absolute Gasteiger partial charge is 0.343 e. The second kappa shape index (κ2) is 7.92. The fourth-order valence-corrected chi connectivity index (χ4v) is 1.93. The Hall–Kier alpha value is -3.15. The first-order valence-electron chi connectivity index (χ1n) is 7.17. The van der Waals surface area contributed by atoms with Crippen molar-refractivity contribution >= 4 is 17.9 Å². The molecule has 124 valence electrons. The molecule has 0 atom stereocenters. The van der Waals surface area contributed by atoms with Gasteiger partial charge in [-0.1, -0.05) is 30.3 Å². The molecule has 0 aliphatic heterocycles. The van der Waals surface area contributed by atoms with Crippen molar-refractivity contribution in [3.63, 3.8) is 0 Å². The summed E-state index contributed by atoms with van der Waals surface area (Å²) in [5.41, 5.74) is 0.776. The number of carbonyl (C=O) groups is 3. The first kappa shape index (κ1) is 17.2. The lowest BCUT2D eigenvalue weighted by molar-refractivity contribution is -0.186. The molecule has 0 bridgehead atoms. The molecule has 0 heterocycles. The van der Waals surface area contributed by atoms with Crippen LogP contribution in [0.3, 0.4) is 0 Å². The van der Waals surface area contributed by atoms with Crippen molar-refractivity contribution in [3.05, 3.63) is 65.7 Å². The van der Waals surface area contributed by atoms with Gasteiger partial charge in [-0.3, -0.25) is 9.59 Å². The van der Waals surface area contributed by atoms with Gasteiger partial charge in [0.2, 0.25) is 0 Å². The van der Waals surface area contributed by atoms with E-state index in [-0.39, 0.29) is 5.75 Å². The zero-order valence-electron chi connectivity index (χ0n) is 13.2. The van der Waals surface area contributed by atoms with Gasteiger partial charge in [-0.2, -0.15) is 0 Å². The van der Waals surface area contributed by atoms with Crippen molar-refractivity contribution in [2.45, 2.75) is 20.1 Å². The summed E-state index contributed by atoms with van der Waals surface area (Å²) in [6.45, 7) is 2.41. The first-order chi connectivity index (χ1) is 11.5. The van der Waals surface area contributed by atoms with Crippen molar-refractivity contribution in [3.8, 4) is 5.75 Å². The second-order valence-corrected chi connectivity index (χ2v) is 4.88. The molecule has 0 saturated carbocycles. The highest BCUT2D eigenvalue weighted by Crippen LogP contribution is 2.24. The zero-order chi connectivity index (χ0) is 17.5. The van der Waals surface area contributed by atoms with Crippen molar-refractivity contribution in [2.24, 2.45) is 0 Å². The SMILES string of the molecule is CC(=O)OC(OC(C)=O)c1cccc(OC(=O)c2ccccc2)c1. The van der Waals surface area contributed by atoms with E-state index in [1.165, 1.54) is 19.9 Å². The minimum atomic E-state index is -1.20. The third-order valence-electron chi connectivity index (χ3n) is 2.90. The molecule has 24 heavy (non-hydrogen) atoms. The van der Waals surface area contributed by atoms with Crippen molar-refractivity contribution in [1.29, 1.82) is 0 Å². The molecule has 0 saturated heterocycles. The van der Waals surface area contributed by atoms with Crippen molar-refractivity contribution < 1.29 is 28.6 Å². The Morgan fingerprint density at radius 2 is 1.46 bits per heavy atom. The van der Waals surface area contributed by atoms with E-state index in [1.54, 1.807) is 48.5 Å². The minimum absolute atomic E-state index is 0.241. The minimum Gasteiger partial charge on any atom is -0.423 e. The fourth-order valence-electron chi connectivity index (χ4n) is 1.93. The highest BCUT2D eigenvalue weighted by Gasteiger charge is 2.19. The summed E-state index contributed by atoms with van der Waals surface area (Å²) in [5, 5.41) is 0. The number of hydrogen-bond acceptors (Lipinski definition) is 6. The number of esters is 3. The van der Waals surface area contributed by atoms with Crippen LogP contribution in [0.4, 0.5) is 0 Å². The summed E-state index contributed by atoms with van der Waals surface area (Å²) in [7, 11) is 0. The predicted octanol–water partition coefficient (Wildman–Crippen LogP) is 3.03. The molecule has 0 amide bonds. The summed E-state index contributed by atoms with van der Waals surface area (Å²) >= 11 is 0. The van der Waals surface area contributed by atoms with E-state index in [2.05, 4.69) is 0 Å². The Balaban J connectivity index is 2.18. The van der Waals surface area contributed by atoms with Crippen LogP contribution < -0.4 is 4.74 Å². The average molecular weight is 328 g/mol. The van der Waals surface area contributed by atoms with Gasteiger partial charge in [0.1, 0.15) is 5.75 Å². The quantitative estimate of drug-likeness (QED) is 0.477. The third-order valence-corrected chi connectivity index (χ3v) is 2.90. The monoisotopic (exact) mass is 328 g/mol. The van der Waals surface area contributed by atoms with Crippen molar-refractivity contribution in [2.75, 3.05) is 0 Å². The molecule has 0 aliphatic carbocycles. The van der Waals surface area contributed by atoms with Crippen LogP contribution >= 0.6 is 0 Å². The molecule has 0 unspecified atom stereocenters. The Labute approximate surface area is 139 Å². The predicted molar refractivity (Wildman–Crippen MR) is 84.1 cm³/mol. The van der Waals surface area contributed by atoms with E-state index < -0.39 is 24.2 Å². The number of hydrogen-bond donors (Lipinski definition) is 0. The lowest BCUT2D eigenvalue weighted by atomic mass is 10.2. The molecule has 2 rings (SSSR count). The van der Waals surface area contributed by atoms with Crippen LogP contribution in [0, 0.1) is 0 Å². The van der Waals surface area contributed by atoms with E-state index in [4.69, 9.17) is 14.2 Å². The van der Waals surface area contributed by atoms with E-state index in [1.807, 2.05) is 0 Å². The van der Waals surface area contributed by atoms with Gasteiger partial charge in [0.05, 0.1) is 5.56 Å². The summed E-state index contributed by atoms with van der Waals surface area (Å²) in [5.74, 6) is -1.49. The highest BCUT2D eigenvalue weighted by atomic mass is 16.7. The lowest BCUT2D eigenvalue weighted by Gasteiger charge is -2.17. The van der Waals surface area contributed by atoms with Gasteiger partial charge >= 0.3 is 17.9 Å². The molecule has 0 fully saturated rings. The Morgan fingerprint density at radius 3 is 2.04 bits per heavy atom. The van der Waals surface area contributed by atoms with Gasteiger partial charge < -0.3 is 14.2 Å². The van der Waals surface area contributed by atoms with Crippen LogP contribution in [0.2, 0.25) is 0 Å². The maximum atomic E-state index is 12.1. The normalized spacial score (nSPS) is 10.1. The average Bonchev–Trinajstić information content (AvgIpc) is 2.54. The summed E-state index contributed by atoms with van der Waals surface area (Å²) in [4.78, 5) is 34.4.